The molecule has 0 unspecified atom stereocenters. The number of carboxylic acid groups (broad SMARTS) is 1. The van der Waals surface area contributed by atoms with Crippen LogP contribution < -0.4 is 0 Å². The number of allylic oxidation sites excluding steroid dienone is 2. The van der Waals surface area contributed by atoms with Gasteiger partial charge in [0.25, 0.3) is 0 Å². The lowest BCUT2D eigenvalue weighted by Gasteiger charge is -2.58. The molecule has 0 aromatic rings. The summed E-state index contributed by atoms with van der Waals surface area (Å²) in [7, 11) is 0. The molecule has 4 nitrogen and oxygen atoms in total. The Morgan fingerprint density at radius 3 is 2.54 bits per heavy atom. The molecule has 3 aliphatic rings. The summed E-state index contributed by atoms with van der Waals surface area (Å²) in [6.07, 6.45) is 10.9. The highest BCUT2D eigenvalue weighted by molar-refractivity contribution is 5.70. The summed E-state index contributed by atoms with van der Waals surface area (Å²) in [5.74, 6) is 0.0879. The van der Waals surface area contributed by atoms with E-state index in [-0.39, 0.29) is 11.7 Å². The third-order valence-corrected chi connectivity index (χ3v) is 9.06. The zero-order valence-corrected chi connectivity index (χ0v) is 18.7. The van der Waals surface area contributed by atoms with Gasteiger partial charge in [0.2, 0.25) is 0 Å². The van der Waals surface area contributed by atoms with Gasteiger partial charge in [-0.1, -0.05) is 32.4 Å². The van der Waals surface area contributed by atoms with E-state index in [0.29, 0.717) is 16.7 Å². The Kier molecular flexibility index (Phi) is 6.05. The van der Waals surface area contributed by atoms with E-state index in [2.05, 4.69) is 40.7 Å². The first-order chi connectivity index (χ1) is 13.0. The highest BCUT2D eigenvalue weighted by Crippen LogP contribution is 2.62. The molecular formula is C24H40O4. The summed E-state index contributed by atoms with van der Waals surface area (Å²) in [5.41, 5.74) is 1.92. The van der Waals surface area contributed by atoms with Crippen molar-refractivity contribution in [2.45, 2.75) is 105 Å². The first-order valence-electron chi connectivity index (χ1n) is 11.3. The lowest BCUT2D eigenvalue weighted by Crippen LogP contribution is -2.50. The van der Waals surface area contributed by atoms with Crippen LogP contribution in [0.1, 0.15) is 92.9 Å². The SMILES string of the molecule is CC1=CCC[C@@H]2[C@@](C)(CC[C@@]3(C)CC[C@@H]([C@H](C)C(=O)O)OO3)[C@H](C)CC[C@@]12C. The maximum absolute atomic E-state index is 11.2. The third kappa shape index (κ3) is 3.79. The summed E-state index contributed by atoms with van der Waals surface area (Å²) in [6, 6.07) is 0. The van der Waals surface area contributed by atoms with Crippen molar-refractivity contribution in [2.75, 3.05) is 0 Å². The Bertz CT molecular complexity index is 618. The topological polar surface area (TPSA) is 55.8 Å². The zero-order valence-electron chi connectivity index (χ0n) is 18.7. The van der Waals surface area contributed by atoms with Crippen molar-refractivity contribution in [3.8, 4) is 0 Å². The van der Waals surface area contributed by atoms with Crippen LogP contribution >= 0.6 is 0 Å². The second-order valence-corrected chi connectivity index (χ2v) is 10.7. The van der Waals surface area contributed by atoms with E-state index in [9.17, 15) is 9.90 Å². The average molecular weight is 393 g/mol. The third-order valence-electron chi connectivity index (χ3n) is 9.06. The minimum Gasteiger partial charge on any atom is -0.481 e. The van der Waals surface area contributed by atoms with Crippen LogP contribution in [0.3, 0.4) is 0 Å². The molecule has 1 saturated heterocycles. The van der Waals surface area contributed by atoms with Crippen molar-refractivity contribution in [3.63, 3.8) is 0 Å². The smallest absolute Gasteiger partial charge is 0.308 e. The fourth-order valence-corrected chi connectivity index (χ4v) is 6.24. The minimum absolute atomic E-state index is 0.306. The molecule has 0 radical (unpaired) electrons. The van der Waals surface area contributed by atoms with Crippen LogP contribution in [0.2, 0.25) is 0 Å². The molecule has 0 spiro atoms. The van der Waals surface area contributed by atoms with E-state index < -0.39 is 11.9 Å². The second-order valence-electron chi connectivity index (χ2n) is 10.7. The lowest BCUT2D eigenvalue weighted by molar-refractivity contribution is -0.412. The highest BCUT2D eigenvalue weighted by atomic mass is 17.2. The Labute approximate surface area is 171 Å². The number of fused-ring (bicyclic) bond motifs is 1. The quantitative estimate of drug-likeness (QED) is 0.450. The van der Waals surface area contributed by atoms with Crippen molar-refractivity contribution < 1.29 is 19.7 Å². The number of carbonyl (C=O) groups is 1. The van der Waals surface area contributed by atoms with Crippen molar-refractivity contribution in [3.05, 3.63) is 11.6 Å². The van der Waals surface area contributed by atoms with Gasteiger partial charge in [-0.05, 0) is 94.8 Å². The van der Waals surface area contributed by atoms with Gasteiger partial charge in [0.1, 0.15) is 11.7 Å². The standard InChI is InChI=1S/C24H40O4/c1-16-8-7-9-20-23(16,5)13-10-17(2)24(20,6)15-14-22(4)12-11-19(27-28-22)18(3)21(25)26/h8,17-20H,7,9-15H2,1-6H3,(H,25,26)/t17-,18+,19+,20+,22-,23+,24+/m1/s1. The van der Waals surface area contributed by atoms with Crippen LogP contribution in [0.5, 0.6) is 0 Å². The Hall–Kier alpha value is -0.870. The molecule has 0 aromatic heterocycles. The van der Waals surface area contributed by atoms with Crippen LogP contribution in [-0.4, -0.2) is 22.8 Å². The van der Waals surface area contributed by atoms with Crippen LogP contribution in [0.25, 0.3) is 0 Å². The van der Waals surface area contributed by atoms with Crippen molar-refractivity contribution in [1.82, 2.24) is 0 Å². The van der Waals surface area contributed by atoms with Crippen LogP contribution in [0, 0.1) is 28.6 Å². The molecule has 1 heterocycles. The van der Waals surface area contributed by atoms with E-state index in [0.717, 1.165) is 31.6 Å². The van der Waals surface area contributed by atoms with Crippen molar-refractivity contribution in [2.24, 2.45) is 28.6 Å². The highest BCUT2D eigenvalue weighted by Gasteiger charge is 2.53. The Morgan fingerprint density at radius 2 is 1.93 bits per heavy atom. The van der Waals surface area contributed by atoms with Gasteiger partial charge in [0, 0.05) is 0 Å². The molecular weight excluding hydrogens is 352 g/mol. The Morgan fingerprint density at radius 1 is 1.21 bits per heavy atom. The maximum atomic E-state index is 11.2. The molecule has 1 N–H and O–H groups in total. The summed E-state index contributed by atoms with van der Waals surface area (Å²) in [4.78, 5) is 22.6. The fraction of sp³-hybridized carbons (Fsp3) is 0.875. The molecule has 4 heteroatoms. The van der Waals surface area contributed by atoms with E-state index in [1.54, 1.807) is 12.5 Å². The predicted molar refractivity (Wildman–Crippen MR) is 111 cm³/mol. The predicted octanol–water partition coefficient (Wildman–Crippen LogP) is 6.16. The summed E-state index contributed by atoms with van der Waals surface area (Å²) in [6.45, 7) is 13.6. The van der Waals surface area contributed by atoms with E-state index in [4.69, 9.17) is 9.78 Å². The fourth-order valence-electron chi connectivity index (χ4n) is 6.24. The minimum atomic E-state index is -0.819. The number of carboxylic acids is 1. The zero-order chi connectivity index (χ0) is 20.7. The number of aliphatic carboxylic acids is 1. The van der Waals surface area contributed by atoms with Gasteiger partial charge in [-0.2, -0.15) is 0 Å². The molecule has 0 bridgehead atoms. The van der Waals surface area contributed by atoms with Gasteiger partial charge in [-0.3, -0.25) is 4.79 Å². The largest absolute Gasteiger partial charge is 0.481 e. The number of rotatable bonds is 5. The van der Waals surface area contributed by atoms with Gasteiger partial charge in [-0.15, -0.1) is 0 Å². The maximum Gasteiger partial charge on any atom is 0.308 e. The molecule has 160 valence electrons. The summed E-state index contributed by atoms with van der Waals surface area (Å²) >= 11 is 0. The molecule has 0 amide bonds. The van der Waals surface area contributed by atoms with Crippen molar-refractivity contribution in [1.29, 1.82) is 0 Å². The second kappa shape index (κ2) is 7.75. The molecule has 2 aliphatic carbocycles. The van der Waals surface area contributed by atoms with Gasteiger partial charge in [0.15, 0.2) is 0 Å². The normalized spacial score (nSPS) is 45.1. The molecule has 1 saturated carbocycles. The van der Waals surface area contributed by atoms with Crippen LogP contribution in [0.15, 0.2) is 11.6 Å². The van der Waals surface area contributed by atoms with Gasteiger partial charge < -0.3 is 5.11 Å². The average Bonchev–Trinajstić information content (AvgIpc) is 2.66. The van der Waals surface area contributed by atoms with E-state index in [1.807, 2.05) is 0 Å². The van der Waals surface area contributed by atoms with Crippen LogP contribution in [0.4, 0.5) is 0 Å². The molecule has 28 heavy (non-hydrogen) atoms. The van der Waals surface area contributed by atoms with Crippen molar-refractivity contribution >= 4 is 5.97 Å². The summed E-state index contributed by atoms with van der Waals surface area (Å²) in [5, 5.41) is 9.22. The Balaban J connectivity index is 1.67. The van der Waals surface area contributed by atoms with E-state index >= 15 is 0 Å². The molecule has 1 aliphatic heterocycles. The molecule has 3 rings (SSSR count). The first kappa shape index (κ1) is 21.8. The monoisotopic (exact) mass is 392 g/mol. The molecule has 0 aromatic carbocycles. The summed E-state index contributed by atoms with van der Waals surface area (Å²) < 4.78 is 0. The van der Waals surface area contributed by atoms with Gasteiger partial charge in [0.05, 0.1) is 5.92 Å². The first-order valence-corrected chi connectivity index (χ1v) is 11.3. The molecule has 2 fully saturated rings. The molecule has 7 atom stereocenters. The van der Waals surface area contributed by atoms with Gasteiger partial charge in [-0.25, -0.2) is 9.78 Å². The van der Waals surface area contributed by atoms with E-state index in [1.165, 1.54) is 25.7 Å². The number of hydrogen-bond donors (Lipinski definition) is 1. The number of hydrogen-bond acceptors (Lipinski definition) is 3. The van der Waals surface area contributed by atoms with Crippen LogP contribution in [-0.2, 0) is 14.6 Å². The van der Waals surface area contributed by atoms with Gasteiger partial charge >= 0.3 is 5.97 Å². The lowest BCUT2D eigenvalue weighted by atomic mass is 9.47.